The monoisotopic (exact) mass is 374 g/mol. The molecule has 1 aromatic rings. The third kappa shape index (κ3) is 4.80. The van der Waals surface area contributed by atoms with Crippen LogP contribution in [0.15, 0.2) is 18.2 Å². The number of Topliss-reactive ketones (excluding diaryl/α,β-unsaturated/α-hetero) is 1. The van der Waals surface area contributed by atoms with Crippen molar-refractivity contribution < 1.29 is 19.1 Å². The van der Waals surface area contributed by atoms with Crippen molar-refractivity contribution in [1.82, 2.24) is 9.80 Å². The maximum absolute atomic E-state index is 12.6. The van der Waals surface area contributed by atoms with Crippen LogP contribution in [0.4, 0.5) is 0 Å². The van der Waals surface area contributed by atoms with Gasteiger partial charge in [0.15, 0.2) is 17.3 Å². The van der Waals surface area contributed by atoms with Gasteiger partial charge in [0.1, 0.15) is 0 Å². The standard InChI is InChI=1S/C21H30N2O4/c1-26-19-9-8-17(14-20(19)27-2)18(24)15-22-10-12-23(13-11-22)21(25)16-6-4-3-5-7-16/h8-9,14,16H,3-7,10-13,15H2,1-2H3. The van der Waals surface area contributed by atoms with Gasteiger partial charge in [0.05, 0.1) is 20.8 Å². The number of hydrogen-bond acceptors (Lipinski definition) is 5. The zero-order valence-corrected chi connectivity index (χ0v) is 16.4. The topological polar surface area (TPSA) is 59.1 Å². The molecule has 1 saturated carbocycles. The van der Waals surface area contributed by atoms with Crippen molar-refractivity contribution in [3.8, 4) is 11.5 Å². The number of hydrogen-bond donors (Lipinski definition) is 0. The van der Waals surface area contributed by atoms with Crippen molar-refractivity contribution in [1.29, 1.82) is 0 Å². The second kappa shape index (κ2) is 9.22. The van der Waals surface area contributed by atoms with Crippen LogP contribution in [0, 0.1) is 5.92 Å². The molecule has 1 aliphatic heterocycles. The number of rotatable bonds is 6. The Bertz CT molecular complexity index is 662. The number of piperazine rings is 1. The average Bonchev–Trinajstić information content (AvgIpc) is 2.73. The van der Waals surface area contributed by atoms with Gasteiger partial charge in [0, 0.05) is 37.7 Å². The first-order chi connectivity index (χ1) is 13.1. The van der Waals surface area contributed by atoms with E-state index in [0.717, 1.165) is 25.9 Å². The van der Waals surface area contributed by atoms with Crippen LogP contribution in [0.25, 0.3) is 0 Å². The Balaban J connectivity index is 1.51. The van der Waals surface area contributed by atoms with E-state index in [1.165, 1.54) is 19.3 Å². The molecular weight excluding hydrogens is 344 g/mol. The number of methoxy groups -OCH3 is 2. The lowest BCUT2D eigenvalue weighted by Gasteiger charge is -2.36. The number of ether oxygens (including phenoxy) is 2. The number of carbonyl (C=O) groups excluding carboxylic acids is 2. The molecule has 6 heteroatoms. The molecule has 0 aromatic heterocycles. The van der Waals surface area contributed by atoms with Crippen LogP contribution in [0.2, 0.25) is 0 Å². The Hall–Kier alpha value is -2.08. The van der Waals surface area contributed by atoms with Crippen LogP contribution >= 0.6 is 0 Å². The largest absolute Gasteiger partial charge is 0.493 e. The molecule has 0 atom stereocenters. The highest BCUT2D eigenvalue weighted by Crippen LogP contribution is 2.28. The third-order valence-corrected chi connectivity index (χ3v) is 5.71. The molecule has 1 amide bonds. The summed E-state index contributed by atoms with van der Waals surface area (Å²) in [5, 5.41) is 0. The van der Waals surface area contributed by atoms with Gasteiger partial charge < -0.3 is 14.4 Å². The highest BCUT2D eigenvalue weighted by Gasteiger charge is 2.29. The molecule has 3 rings (SSSR count). The first-order valence-corrected chi connectivity index (χ1v) is 9.88. The molecule has 2 fully saturated rings. The molecular formula is C21H30N2O4. The van der Waals surface area contributed by atoms with E-state index in [9.17, 15) is 9.59 Å². The van der Waals surface area contributed by atoms with Crippen molar-refractivity contribution >= 4 is 11.7 Å². The van der Waals surface area contributed by atoms with Gasteiger partial charge in [-0.05, 0) is 31.0 Å². The van der Waals surface area contributed by atoms with Crippen molar-refractivity contribution in [2.24, 2.45) is 5.92 Å². The number of amides is 1. The first kappa shape index (κ1) is 19.7. The molecule has 2 aliphatic rings. The molecule has 0 radical (unpaired) electrons. The zero-order chi connectivity index (χ0) is 19.2. The first-order valence-electron chi connectivity index (χ1n) is 9.88. The van der Waals surface area contributed by atoms with Gasteiger partial charge in [-0.1, -0.05) is 19.3 Å². The molecule has 0 unspecified atom stereocenters. The molecule has 0 bridgehead atoms. The minimum Gasteiger partial charge on any atom is -0.493 e. The van der Waals surface area contributed by atoms with E-state index in [1.54, 1.807) is 32.4 Å². The highest BCUT2D eigenvalue weighted by molar-refractivity contribution is 5.98. The van der Waals surface area contributed by atoms with Crippen molar-refractivity contribution in [2.45, 2.75) is 32.1 Å². The normalized spacial score (nSPS) is 19.0. The van der Waals surface area contributed by atoms with Gasteiger partial charge in [-0.15, -0.1) is 0 Å². The lowest BCUT2D eigenvalue weighted by molar-refractivity contribution is -0.138. The lowest BCUT2D eigenvalue weighted by atomic mass is 9.88. The van der Waals surface area contributed by atoms with E-state index >= 15 is 0 Å². The van der Waals surface area contributed by atoms with Crippen LogP contribution in [0.3, 0.4) is 0 Å². The predicted octanol–water partition coefficient (Wildman–Crippen LogP) is 2.61. The Morgan fingerprint density at radius 1 is 0.963 bits per heavy atom. The van der Waals surface area contributed by atoms with Gasteiger partial charge in [-0.25, -0.2) is 0 Å². The van der Waals surface area contributed by atoms with Crippen molar-refractivity contribution in [2.75, 3.05) is 46.9 Å². The van der Waals surface area contributed by atoms with Gasteiger partial charge in [0.2, 0.25) is 5.91 Å². The predicted molar refractivity (Wildman–Crippen MR) is 103 cm³/mol. The summed E-state index contributed by atoms with van der Waals surface area (Å²) >= 11 is 0. The Morgan fingerprint density at radius 2 is 1.63 bits per heavy atom. The second-order valence-electron chi connectivity index (χ2n) is 7.43. The molecule has 1 saturated heterocycles. The minimum atomic E-state index is 0.0583. The molecule has 1 aliphatic carbocycles. The van der Waals surface area contributed by atoms with Crippen LogP contribution in [-0.4, -0.2) is 68.4 Å². The summed E-state index contributed by atoms with van der Waals surface area (Å²) in [4.78, 5) is 29.4. The van der Waals surface area contributed by atoms with Gasteiger partial charge in [-0.2, -0.15) is 0 Å². The van der Waals surface area contributed by atoms with E-state index in [1.807, 2.05) is 4.90 Å². The number of ketones is 1. The number of carbonyl (C=O) groups is 2. The summed E-state index contributed by atoms with van der Waals surface area (Å²) in [6, 6.07) is 5.25. The Kier molecular flexibility index (Phi) is 6.72. The van der Waals surface area contributed by atoms with E-state index in [-0.39, 0.29) is 11.7 Å². The van der Waals surface area contributed by atoms with Gasteiger partial charge >= 0.3 is 0 Å². The highest BCUT2D eigenvalue weighted by atomic mass is 16.5. The lowest BCUT2D eigenvalue weighted by Crippen LogP contribution is -2.51. The second-order valence-corrected chi connectivity index (χ2v) is 7.43. The average molecular weight is 374 g/mol. The van der Waals surface area contributed by atoms with E-state index in [4.69, 9.17) is 9.47 Å². The molecule has 1 heterocycles. The van der Waals surface area contributed by atoms with E-state index in [0.29, 0.717) is 42.6 Å². The van der Waals surface area contributed by atoms with Crippen LogP contribution in [0.1, 0.15) is 42.5 Å². The molecule has 148 valence electrons. The summed E-state index contributed by atoms with van der Waals surface area (Å²) in [5.74, 6) is 1.78. The number of nitrogens with zero attached hydrogens (tertiary/aromatic N) is 2. The fourth-order valence-corrected chi connectivity index (χ4v) is 4.04. The summed E-state index contributed by atoms with van der Waals surface area (Å²) in [6.45, 7) is 3.29. The Morgan fingerprint density at radius 3 is 2.26 bits per heavy atom. The summed E-state index contributed by atoms with van der Waals surface area (Å²) < 4.78 is 10.5. The van der Waals surface area contributed by atoms with Crippen molar-refractivity contribution in [3.05, 3.63) is 23.8 Å². The fraction of sp³-hybridized carbons (Fsp3) is 0.619. The maximum Gasteiger partial charge on any atom is 0.225 e. The quantitative estimate of drug-likeness (QED) is 0.717. The number of benzene rings is 1. The molecule has 1 aromatic carbocycles. The SMILES string of the molecule is COc1ccc(C(=O)CN2CCN(C(=O)C3CCCCC3)CC2)cc1OC. The molecule has 0 spiro atoms. The zero-order valence-electron chi connectivity index (χ0n) is 16.4. The van der Waals surface area contributed by atoms with E-state index < -0.39 is 0 Å². The molecule has 6 nitrogen and oxygen atoms in total. The maximum atomic E-state index is 12.6. The summed E-state index contributed by atoms with van der Waals surface area (Å²) in [5.41, 5.74) is 0.619. The third-order valence-electron chi connectivity index (χ3n) is 5.71. The summed E-state index contributed by atoms with van der Waals surface area (Å²) in [6.07, 6.45) is 5.69. The Labute approximate surface area is 161 Å². The van der Waals surface area contributed by atoms with Crippen LogP contribution < -0.4 is 9.47 Å². The molecule has 0 N–H and O–H groups in total. The van der Waals surface area contributed by atoms with Gasteiger partial charge in [-0.3, -0.25) is 14.5 Å². The van der Waals surface area contributed by atoms with Crippen LogP contribution in [-0.2, 0) is 4.79 Å². The van der Waals surface area contributed by atoms with Crippen LogP contribution in [0.5, 0.6) is 11.5 Å². The smallest absolute Gasteiger partial charge is 0.225 e. The van der Waals surface area contributed by atoms with Crippen molar-refractivity contribution in [3.63, 3.8) is 0 Å². The molecule has 27 heavy (non-hydrogen) atoms. The summed E-state index contributed by atoms with van der Waals surface area (Å²) in [7, 11) is 3.14. The van der Waals surface area contributed by atoms with E-state index in [2.05, 4.69) is 4.90 Å². The minimum absolute atomic E-state index is 0.0583. The fourth-order valence-electron chi connectivity index (χ4n) is 4.04. The van der Waals surface area contributed by atoms with Gasteiger partial charge in [0.25, 0.3) is 0 Å².